The molecule has 68 heavy (non-hydrogen) atoms. The molecule has 3 aromatic carbocycles. The van der Waals surface area contributed by atoms with Crippen LogP contribution in [0.5, 0.6) is 23.0 Å². The van der Waals surface area contributed by atoms with Gasteiger partial charge >= 0.3 is 0 Å². The zero-order valence-electron chi connectivity index (χ0n) is 43.4. The van der Waals surface area contributed by atoms with Crippen LogP contribution >= 0.6 is 31.9 Å². The topological polar surface area (TPSA) is 62.7 Å². The molecule has 6 nitrogen and oxygen atoms in total. The van der Waals surface area contributed by atoms with E-state index in [-0.39, 0.29) is 0 Å². The van der Waals surface area contributed by atoms with Crippen molar-refractivity contribution in [3.05, 3.63) is 57.5 Å². The Kier molecular flexibility index (Phi) is 31.4. The molecule has 0 spiro atoms. The average molecular weight is 1070 g/mol. The molecule has 0 fully saturated rings. The number of halogens is 2. The molecule has 4 rings (SSSR count). The summed E-state index contributed by atoms with van der Waals surface area (Å²) in [4.78, 5) is 10.8. The minimum atomic E-state index is 0.654. The lowest BCUT2D eigenvalue weighted by molar-refractivity contribution is 0.258. The second-order valence-electron chi connectivity index (χ2n) is 19.3. The molecular weight excluding hydrogens is 972 g/mol. The summed E-state index contributed by atoms with van der Waals surface area (Å²) < 4.78 is 28.1. The number of hydrogen-bond donors (Lipinski definition) is 0. The molecule has 0 atom stereocenters. The summed E-state index contributed by atoms with van der Waals surface area (Å²) in [5.74, 6) is 3.13. The lowest BCUT2D eigenvalue weighted by atomic mass is 10.0. The number of fused-ring (bicyclic) bond motifs is 1. The highest BCUT2D eigenvalue weighted by Crippen LogP contribution is 2.41. The standard InChI is InChI=1S/C60H92Br2N2O4/c1-5-9-13-17-21-25-29-33-43-65-53-41-37-49(47-55(53)67-45-35-31-27-23-19-15-11-7-3)57-58(64-60-52(62)40-39-51(61)59(60)63-57)50-38-42-54(66-44-34-30-26-22-18-14-10-6-2)56(48-50)68-46-36-32-28-24-20-16-12-8-4/h37-42,47-48H,5-36,43-46H2,1-4H3. The van der Waals surface area contributed by atoms with E-state index >= 15 is 0 Å². The first-order valence-corrected chi connectivity index (χ1v) is 29.5. The first-order valence-electron chi connectivity index (χ1n) is 28.0. The van der Waals surface area contributed by atoms with Crippen molar-refractivity contribution < 1.29 is 18.9 Å². The van der Waals surface area contributed by atoms with Gasteiger partial charge in [-0.15, -0.1) is 0 Å². The number of aromatic nitrogens is 2. The number of benzene rings is 3. The highest BCUT2D eigenvalue weighted by molar-refractivity contribution is 9.11. The first-order chi connectivity index (χ1) is 33.5. The highest BCUT2D eigenvalue weighted by Gasteiger charge is 2.20. The van der Waals surface area contributed by atoms with Gasteiger partial charge in [0.25, 0.3) is 0 Å². The first kappa shape index (κ1) is 57.7. The second kappa shape index (κ2) is 37.0. The third kappa shape index (κ3) is 22.5. The molecule has 0 aliphatic heterocycles. The molecule has 1 aromatic heterocycles. The SMILES string of the molecule is CCCCCCCCCCOc1ccc(-c2nc3c(Br)ccc(Br)c3nc2-c2ccc(OCCCCCCCCCC)c(OCCCCCCCCCC)c2)cc1OCCCCCCCCCC. The summed E-state index contributed by atoms with van der Waals surface area (Å²) in [7, 11) is 0. The number of rotatable bonds is 42. The van der Waals surface area contributed by atoms with Crippen LogP contribution < -0.4 is 18.9 Å². The summed E-state index contributed by atoms with van der Waals surface area (Å²) in [5, 5.41) is 0. The summed E-state index contributed by atoms with van der Waals surface area (Å²) in [6, 6.07) is 16.7. The van der Waals surface area contributed by atoms with Gasteiger partial charge in [0.1, 0.15) is 11.0 Å². The summed E-state index contributed by atoms with van der Waals surface area (Å²) in [6.45, 7) is 11.8. The highest BCUT2D eigenvalue weighted by atomic mass is 79.9. The Morgan fingerprint density at radius 2 is 0.559 bits per heavy atom. The van der Waals surface area contributed by atoms with Crippen molar-refractivity contribution >= 4 is 42.9 Å². The lowest BCUT2D eigenvalue weighted by Gasteiger charge is -2.18. The molecule has 0 unspecified atom stereocenters. The van der Waals surface area contributed by atoms with E-state index in [4.69, 9.17) is 28.9 Å². The minimum Gasteiger partial charge on any atom is -0.490 e. The van der Waals surface area contributed by atoms with E-state index in [9.17, 15) is 0 Å². The van der Waals surface area contributed by atoms with Crippen LogP contribution in [0.25, 0.3) is 33.5 Å². The Balaban J connectivity index is 1.61. The van der Waals surface area contributed by atoms with Crippen molar-refractivity contribution in [2.75, 3.05) is 26.4 Å². The molecule has 0 aliphatic rings. The zero-order chi connectivity index (χ0) is 48.3. The molecule has 380 valence electrons. The molecule has 0 N–H and O–H groups in total. The van der Waals surface area contributed by atoms with Crippen molar-refractivity contribution in [1.82, 2.24) is 9.97 Å². The fourth-order valence-corrected chi connectivity index (χ4v) is 9.74. The maximum atomic E-state index is 6.64. The smallest absolute Gasteiger partial charge is 0.161 e. The van der Waals surface area contributed by atoms with Crippen LogP contribution in [0.3, 0.4) is 0 Å². The molecule has 0 radical (unpaired) electrons. The molecule has 0 aliphatic carbocycles. The Morgan fingerprint density at radius 1 is 0.309 bits per heavy atom. The Hall–Kier alpha value is -2.84. The van der Waals surface area contributed by atoms with Crippen molar-refractivity contribution in [2.24, 2.45) is 0 Å². The third-order valence-corrected chi connectivity index (χ3v) is 14.5. The van der Waals surface area contributed by atoms with Crippen LogP contribution in [-0.2, 0) is 0 Å². The number of ether oxygens (including phenoxy) is 4. The van der Waals surface area contributed by atoms with E-state index in [1.165, 1.54) is 180 Å². The van der Waals surface area contributed by atoms with Gasteiger partial charge in [0.05, 0.1) is 37.8 Å². The third-order valence-electron chi connectivity index (χ3n) is 13.2. The molecule has 0 saturated carbocycles. The van der Waals surface area contributed by atoms with E-state index < -0.39 is 0 Å². The predicted molar refractivity (Wildman–Crippen MR) is 298 cm³/mol. The average Bonchev–Trinajstić information content (AvgIpc) is 3.35. The molecule has 4 aromatic rings. The van der Waals surface area contributed by atoms with E-state index in [0.29, 0.717) is 26.4 Å². The van der Waals surface area contributed by atoms with Crippen LogP contribution in [0.2, 0.25) is 0 Å². The Labute approximate surface area is 431 Å². The number of unbranched alkanes of at least 4 members (excludes halogenated alkanes) is 28. The quantitative estimate of drug-likeness (QED) is 0.0412. The van der Waals surface area contributed by atoms with Gasteiger partial charge in [0.2, 0.25) is 0 Å². The number of hydrogen-bond acceptors (Lipinski definition) is 6. The molecule has 0 saturated heterocycles. The van der Waals surface area contributed by atoms with Crippen LogP contribution in [0, 0.1) is 0 Å². The number of nitrogens with zero attached hydrogens (tertiary/aromatic N) is 2. The second-order valence-corrected chi connectivity index (χ2v) is 21.0. The molecule has 8 heteroatoms. The van der Waals surface area contributed by atoms with E-state index in [1.807, 2.05) is 12.1 Å². The largest absolute Gasteiger partial charge is 0.490 e. The van der Waals surface area contributed by atoms with Crippen LogP contribution in [-0.4, -0.2) is 36.4 Å². The predicted octanol–water partition coefficient (Wildman–Crippen LogP) is 20.6. The van der Waals surface area contributed by atoms with Crippen LogP contribution in [0.1, 0.15) is 233 Å². The van der Waals surface area contributed by atoms with Crippen LogP contribution in [0.15, 0.2) is 57.5 Å². The van der Waals surface area contributed by atoms with Gasteiger partial charge in [-0.05, 0) is 106 Å². The van der Waals surface area contributed by atoms with Gasteiger partial charge in [-0.1, -0.05) is 207 Å². The van der Waals surface area contributed by atoms with Crippen molar-refractivity contribution in [1.29, 1.82) is 0 Å². The molecule has 1 heterocycles. The minimum absolute atomic E-state index is 0.654. The van der Waals surface area contributed by atoms with Crippen molar-refractivity contribution in [3.63, 3.8) is 0 Å². The van der Waals surface area contributed by atoms with Crippen molar-refractivity contribution in [3.8, 4) is 45.5 Å². The van der Waals surface area contributed by atoms with E-state index in [1.54, 1.807) is 0 Å². The van der Waals surface area contributed by atoms with Crippen LogP contribution in [0.4, 0.5) is 0 Å². The maximum absolute atomic E-state index is 6.64. The fraction of sp³-hybridized carbons (Fsp3) is 0.667. The monoisotopic (exact) mass is 1060 g/mol. The maximum Gasteiger partial charge on any atom is 0.161 e. The lowest BCUT2D eigenvalue weighted by Crippen LogP contribution is -2.04. The van der Waals surface area contributed by atoms with Gasteiger partial charge in [0.15, 0.2) is 23.0 Å². The Bertz CT molecular complexity index is 1780. The summed E-state index contributed by atoms with van der Waals surface area (Å²) >= 11 is 7.62. The molecular formula is C60H92Br2N2O4. The van der Waals surface area contributed by atoms with E-state index in [2.05, 4.69) is 96.0 Å². The van der Waals surface area contributed by atoms with Gasteiger partial charge in [-0.25, -0.2) is 9.97 Å². The summed E-state index contributed by atoms with van der Waals surface area (Å²) in [6.07, 6.45) is 40.3. The van der Waals surface area contributed by atoms with Gasteiger partial charge in [-0.2, -0.15) is 0 Å². The van der Waals surface area contributed by atoms with Crippen molar-refractivity contribution in [2.45, 2.75) is 233 Å². The van der Waals surface area contributed by atoms with E-state index in [0.717, 1.165) is 91.2 Å². The molecule has 0 amide bonds. The zero-order valence-corrected chi connectivity index (χ0v) is 46.5. The Morgan fingerprint density at radius 3 is 0.838 bits per heavy atom. The van der Waals surface area contributed by atoms with Gasteiger partial charge < -0.3 is 18.9 Å². The fourth-order valence-electron chi connectivity index (χ4n) is 8.92. The van der Waals surface area contributed by atoms with Gasteiger partial charge in [0, 0.05) is 20.1 Å². The summed E-state index contributed by atoms with van der Waals surface area (Å²) in [5.41, 5.74) is 5.03. The normalized spacial score (nSPS) is 11.4. The van der Waals surface area contributed by atoms with Gasteiger partial charge in [-0.3, -0.25) is 0 Å². The molecule has 0 bridgehead atoms.